The van der Waals surface area contributed by atoms with Crippen molar-refractivity contribution < 1.29 is 27.8 Å². The van der Waals surface area contributed by atoms with E-state index >= 15 is 0 Å². The zero-order valence-corrected chi connectivity index (χ0v) is 12.0. The number of hydrogen-bond acceptors (Lipinski definition) is 4. The topological polar surface area (TPSA) is 52.6 Å². The minimum Gasteiger partial charge on any atom is -0.465 e. The molecule has 0 aromatic heterocycles. The van der Waals surface area contributed by atoms with Crippen molar-refractivity contribution in [1.29, 1.82) is 0 Å². The molecule has 21 heavy (non-hydrogen) atoms. The zero-order valence-electron chi connectivity index (χ0n) is 12.0. The van der Waals surface area contributed by atoms with Crippen LogP contribution in [0.3, 0.4) is 0 Å². The summed E-state index contributed by atoms with van der Waals surface area (Å²) in [4.78, 5) is 24.5. The number of esters is 2. The van der Waals surface area contributed by atoms with Gasteiger partial charge in [-0.15, -0.1) is 0 Å². The quantitative estimate of drug-likeness (QED) is 0.573. The molecule has 0 fully saturated rings. The van der Waals surface area contributed by atoms with Gasteiger partial charge in [-0.05, 0) is 31.5 Å². The molecule has 0 amide bonds. The fourth-order valence-corrected chi connectivity index (χ4v) is 2.07. The van der Waals surface area contributed by atoms with Crippen LogP contribution in [0.15, 0.2) is 24.3 Å². The van der Waals surface area contributed by atoms with Crippen LogP contribution in [0.25, 0.3) is 0 Å². The Morgan fingerprint density at radius 3 is 2.14 bits per heavy atom. The number of alkyl halides is 1. The van der Waals surface area contributed by atoms with Gasteiger partial charge in [0.05, 0.1) is 19.9 Å². The Labute approximate surface area is 122 Å². The molecular weight excluding hydrogens is 282 g/mol. The Kier molecular flexibility index (Phi) is 6.27. The maximum absolute atomic E-state index is 13.4. The van der Waals surface area contributed by atoms with Crippen molar-refractivity contribution in [3.05, 3.63) is 35.6 Å². The van der Waals surface area contributed by atoms with Crippen molar-refractivity contribution in [2.75, 3.05) is 19.9 Å². The van der Waals surface area contributed by atoms with Crippen LogP contribution in [-0.2, 0) is 24.5 Å². The summed E-state index contributed by atoms with van der Waals surface area (Å²) in [6.45, 7) is 2.21. The van der Waals surface area contributed by atoms with E-state index in [0.29, 0.717) is 0 Å². The predicted molar refractivity (Wildman–Crippen MR) is 71.9 cm³/mol. The number of rotatable bonds is 7. The third-order valence-corrected chi connectivity index (χ3v) is 3.03. The van der Waals surface area contributed by atoms with Crippen LogP contribution in [0.4, 0.5) is 8.78 Å². The molecule has 0 heterocycles. The summed E-state index contributed by atoms with van der Waals surface area (Å²) in [6, 6.07) is 4.91. The Hall–Kier alpha value is -1.98. The van der Waals surface area contributed by atoms with E-state index in [9.17, 15) is 18.4 Å². The molecule has 0 unspecified atom stereocenters. The standard InChI is InChI=1S/C15H18F2O4/c1-3-20-13(18)15(8-9-16,14(19)21-4-2)11-6-5-7-12(17)10-11/h5-7,10H,3-4,8-9H2,1-2H3. The SMILES string of the molecule is CCOC(=O)C(CCF)(C(=O)OCC)c1cccc(F)c1. The molecule has 0 aliphatic carbocycles. The third kappa shape index (κ3) is 3.56. The van der Waals surface area contributed by atoms with E-state index in [-0.39, 0.29) is 18.8 Å². The summed E-state index contributed by atoms with van der Waals surface area (Å²) >= 11 is 0. The summed E-state index contributed by atoms with van der Waals surface area (Å²) < 4.78 is 36.2. The molecule has 6 heteroatoms. The molecule has 0 spiro atoms. The van der Waals surface area contributed by atoms with Gasteiger partial charge in [0.1, 0.15) is 5.82 Å². The Morgan fingerprint density at radius 2 is 1.71 bits per heavy atom. The lowest BCUT2D eigenvalue weighted by molar-refractivity contribution is -0.165. The van der Waals surface area contributed by atoms with E-state index in [1.54, 1.807) is 13.8 Å². The highest BCUT2D eigenvalue weighted by Crippen LogP contribution is 2.32. The Balaban J connectivity index is 3.42. The fourth-order valence-electron chi connectivity index (χ4n) is 2.07. The van der Waals surface area contributed by atoms with Gasteiger partial charge in [0, 0.05) is 6.42 Å². The van der Waals surface area contributed by atoms with Crippen LogP contribution < -0.4 is 0 Å². The lowest BCUT2D eigenvalue weighted by Gasteiger charge is -2.28. The van der Waals surface area contributed by atoms with E-state index in [2.05, 4.69) is 0 Å². The molecule has 0 atom stereocenters. The molecule has 0 saturated heterocycles. The second-order valence-corrected chi connectivity index (χ2v) is 4.30. The van der Waals surface area contributed by atoms with Crippen LogP contribution in [0.5, 0.6) is 0 Å². The second-order valence-electron chi connectivity index (χ2n) is 4.30. The number of halogens is 2. The Morgan fingerprint density at radius 1 is 1.14 bits per heavy atom. The molecule has 116 valence electrons. The normalized spacial score (nSPS) is 11.0. The molecular formula is C15H18F2O4. The van der Waals surface area contributed by atoms with Gasteiger partial charge in [-0.2, -0.15) is 0 Å². The Bertz CT molecular complexity index is 484. The number of hydrogen-bond donors (Lipinski definition) is 0. The first-order valence-electron chi connectivity index (χ1n) is 6.69. The first-order chi connectivity index (χ1) is 10.0. The van der Waals surface area contributed by atoms with Crippen LogP contribution in [0.1, 0.15) is 25.8 Å². The largest absolute Gasteiger partial charge is 0.465 e. The van der Waals surface area contributed by atoms with Crippen molar-refractivity contribution >= 4 is 11.9 Å². The number of benzene rings is 1. The molecule has 0 radical (unpaired) electrons. The van der Waals surface area contributed by atoms with Crippen molar-refractivity contribution in [2.24, 2.45) is 0 Å². The van der Waals surface area contributed by atoms with Gasteiger partial charge in [0.2, 0.25) is 0 Å². The monoisotopic (exact) mass is 300 g/mol. The van der Waals surface area contributed by atoms with Crippen LogP contribution in [-0.4, -0.2) is 31.8 Å². The lowest BCUT2D eigenvalue weighted by Crippen LogP contribution is -2.46. The smallest absolute Gasteiger partial charge is 0.328 e. The molecule has 0 N–H and O–H groups in total. The van der Waals surface area contributed by atoms with Gasteiger partial charge in [0.25, 0.3) is 0 Å². The first-order valence-corrected chi connectivity index (χ1v) is 6.69. The third-order valence-electron chi connectivity index (χ3n) is 3.03. The fraction of sp³-hybridized carbons (Fsp3) is 0.467. The van der Waals surface area contributed by atoms with E-state index in [0.717, 1.165) is 6.07 Å². The van der Waals surface area contributed by atoms with Crippen molar-refractivity contribution in [2.45, 2.75) is 25.7 Å². The molecule has 1 rings (SSSR count). The maximum Gasteiger partial charge on any atom is 0.328 e. The van der Waals surface area contributed by atoms with Crippen LogP contribution >= 0.6 is 0 Å². The minimum absolute atomic E-state index is 0.0155. The number of ether oxygens (including phenoxy) is 2. The van der Waals surface area contributed by atoms with Gasteiger partial charge in [-0.25, -0.2) is 4.39 Å². The summed E-state index contributed by atoms with van der Waals surface area (Å²) in [5, 5.41) is 0. The van der Waals surface area contributed by atoms with Crippen molar-refractivity contribution in [3.8, 4) is 0 Å². The van der Waals surface area contributed by atoms with Gasteiger partial charge < -0.3 is 9.47 Å². The average Bonchev–Trinajstić information content (AvgIpc) is 2.45. The molecule has 4 nitrogen and oxygen atoms in total. The highest BCUT2D eigenvalue weighted by atomic mass is 19.1. The van der Waals surface area contributed by atoms with Gasteiger partial charge in [0.15, 0.2) is 5.41 Å². The summed E-state index contributed by atoms with van der Waals surface area (Å²) in [6.07, 6.45) is -0.464. The summed E-state index contributed by atoms with van der Waals surface area (Å²) in [5.74, 6) is -2.51. The predicted octanol–water partition coefficient (Wildman–Crippen LogP) is 2.55. The van der Waals surface area contributed by atoms with Crippen molar-refractivity contribution in [1.82, 2.24) is 0 Å². The molecule has 0 aliphatic heterocycles. The summed E-state index contributed by atoms with van der Waals surface area (Å²) in [7, 11) is 0. The number of carbonyl (C=O) groups is 2. The molecule has 0 bridgehead atoms. The van der Waals surface area contributed by atoms with E-state index in [1.165, 1.54) is 18.2 Å². The van der Waals surface area contributed by atoms with E-state index in [4.69, 9.17) is 9.47 Å². The minimum atomic E-state index is -1.98. The highest BCUT2D eigenvalue weighted by Gasteiger charge is 2.50. The summed E-state index contributed by atoms with van der Waals surface area (Å²) in [5.41, 5.74) is -1.96. The van der Waals surface area contributed by atoms with Gasteiger partial charge in [-0.1, -0.05) is 12.1 Å². The second kappa shape index (κ2) is 7.71. The van der Waals surface area contributed by atoms with Crippen LogP contribution in [0, 0.1) is 5.82 Å². The van der Waals surface area contributed by atoms with E-state index in [1.807, 2.05) is 0 Å². The van der Waals surface area contributed by atoms with Gasteiger partial charge in [-0.3, -0.25) is 14.0 Å². The average molecular weight is 300 g/mol. The van der Waals surface area contributed by atoms with Crippen LogP contribution in [0.2, 0.25) is 0 Å². The van der Waals surface area contributed by atoms with Gasteiger partial charge >= 0.3 is 11.9 Å². The molecule has 1 aromatic rings. The van der Waals surface area contributed by atoms with E-state index < -0.39 is 36.3 Å². The molecule has 0 saturated carbocycles. The van der Waals surface area contributed by atoms with Crippen molar-refractivity contribution in [3.63, 3.8) is 0 Å². The molecule has 0 aliphatic rings. The lowest BCUT2D eigenvalue weighted by atomic mass is 9.77. The maximum atomic E-state index is 13.4. The number of carbonyl (C=O) groups excluding carboxylic acids is 2. The molecule has 1 aromatic carbocycles. The zero-order chi connectivity index (χ0) is 15.9. The first kappa shape index (κ1) is 17.1. The highest BCUT2D eigenvalue weighted by molar-refractivity contribution is 6.06.